The lowest BCUT2D eigenvalue weighted by atomic mass is 9.92. The number of carbonyl (C=O) groups is 2. The number of nitrogens with zero attached hydrogens (tertiary/aromatic N) is 5. The molecule has 1 N–H and O–H groups in total. The number of rotatable bonds is 4. The Morgan fingerprint density at radius 3 is 2.33 bits per heavy atom. The number of carbonyl (C=O) groups excluding carboxylic acids is 2. The highest BCUT2D eigenvalue weighted by Gasteiger charge is 2.49. The zero-order valence-corrected chi connectivity index (χ0v) is 15.2. The molecule has 0 radical (unpaired) electrons. The van der Waals surface area contributed by atoms with Gasteiger partial charge >= 0.3 is 6.03 Å². The Kier molecular flexibility index (Phi) is 4.49. The number of amides is 3. The minimum Gasteiger partial charge on any atom is -0.338 e. The monoisotopic (exact) mass is 366 g/mol. The molecule has 8 heteroatoms. The lowest BCUT2D eigenvalue weighted by Crippen LogP contribution is -2.52. The van der Waals surface area contributed by atoms with Crippen molar-refractivity contribution in [2.45, 2.75) is 12.5 Å². The Labute approximate surface area is 157 Å². The molecule has 8 nitrogen and oxygen atoms in total. The summed E-state index contributed by atoms with van der Waals surface area (Å²) in [5, 5.41) is 2.85. The fraction of sp³-hybridized carbons (Fsp3) is 0.368. The van der Waals surface area contributed by atoms with Crippen LogP contribution in [0.5, 0.6) is 0 Å². The lowest BCUT2D eigenvalue weighted by molar-refractivity contribution is -0.132. The molecule has 2 aliphatic rings. The van der Waals surface area contributed by atoms with E-state index in [1.807, 2.05) is 30.3 Å². The van der Waals surface area contributed by atoms with Crippen LogP contribution in [0.4, 0.5) is 10.7 Å². The molecule has 2 saturated heterocycles. The maximum atomic E-state index is 13.0. The van der Waals surface area contributed by atoms with Gasteiger partial charge in [-0.15, -0.1) is 0 Å². The molecule has 3 amide bonds. The molecule has 0 unspecified atom stereocenters. The molecule has 4 rings (SSSR count). The van der Waals surface area contributed by atoms with E-state index >= 15 is 0 Å². The Morgan fingerprint density at radius 2 is 1.67 bits per heavy atom. The largest absolute Gasteiger partial charge is 0.338 e. The first-order chi connectivity index (χ1) is 13.1. The average molecular weight is 366 g/mol. The smallest absolute Gasteiger partial charge is 0.326 e. The Bertz CT molecular complexity index is 823. The summed E-state index contributed by atoms with van der Waals surface area (Å²) in [6.45, 7) is 5.02. The number of anilines is 1. The molecule has 2 fully saturated rings. The molecule has 27 heavy (non-hydrogen) atoms. The number of hydrogen-bond donors (Lipinski definition) is 1. The van der Waals surface area contributed by atoms with Gasteiger partial charge in [-0.1, -0.05) is 30.3 Å². The van der Waals surface area contributed by atoms with Crippen molar-refractivity contribution in [2.75, 3.05) is 37.7 Å². The normalized spacial score (nSPS) is 23.6. The van der Waals surface area contributed by atoms with Crippen LogP contribution in [0.25, 0.3) is 0 Å². The van der Waals surface area contributed by atoms with Crippen LogP contribution in [0.3, 0.4) is 0 Å². The van der Waals surface area contributed by atoms with E-state index in [0.717, 1.165) is 31.7 Å². The van der Waals surface area contributed by atoms with Crippen LogP contribution < -0.4 is 10.2 Å². The van der Waals surface area contributed by atoms with Crippen molar-refractivity contribution in [3.8, 4) is 0 Å². The van der Waals surface area contributed by atoms with Crippen molar-refractivity contribution < 1.29 is 9.59 Å². The predicted molar refractivity (Wildman–Crippen MR) is 99.9 cm³/mol. The number of piperazine rings is 1. The van der Waals surface area contributed by atoms with E-state index in [9.17, 15) is 9.59 Å². The second kappa shape index (κ2) is 6.96. The van der Waals surface area contributed by atoms with Crippen LogP contribution >= 0.6 is 0 Å². The third-order valence-corrected chi connectivity index (χ3v) is 5.17. The molecule has 3 heterocycles. The molecule has 2 aromatic rings. The van der Waals surface area contributed by atoms with Crippen molar-refractivity contribution in [1.29, 1.82) is 0 Å². The van der Waals surface area contributed by atoms with E-state index in [-0.39, 0.29) is 18.6 Å². The SMILES string of the molecule is C[C@@]1(c2ccccc2)NC(=O)N(CN2CCN(c3ncccn3)CC2)C1=O. The zero-order chi connectivity index (χ0) is 18.9. The van der Waals surface area contributed by atoms with Gasteiger partial charge in [0.2, 0.25) is 5.95 Å². The van der Waals surface area contributed by atoms with Gasteiger partial charge in [0.05, 0.1) is 6.67 Å². The maximum Gasteiger partial charge on any atom is 0.326 e. The van der Waals surface area contributed by atoms with Crippen molar-refractivity contribution in [3.63, 3.8) is 0 Å². The topological polar surface area (TPSA) is 81.7 Å². The highest BCUT2D eigenvalue weighted by Crippen LogP contribution is 2.28. The first-order valence-electron chi connectivity index (χ1n) is 9.02. The maximum absolute atomic E-state index is 13.0. The van der Waals surface area contributed by atoms with Crippen molar-refractivity contribution >= 4 is 17.9 Å². The van der Waals surface area contributed by atoms with Crippen molar-refractivity contribution in [1.82, 2.24) is 25.1 Å². The van der Waals surface area contributed by atoms with E-state index < -0.39 is 5.54 Å². The molecule has 0 aliphatic carbocycles. The summed E-state index contributed by atoms with van der Waals surface area (Å²) in [6, 6.07) is 10.8. The molecular weight excluding hydrogens is 344 g/mol. The molecule has 0 bridgehead atoms. The molecular formula is C19H22N6O2. The third kappa shape index (κ3) is 3.23. The number of imide groups is 1. The molecule has 0 saturated carbocycles. The van der Waals surface area contributed by atoms with E-state index in [1.54, 1.807) is 25.4 Å². The first kappa shape index (κ1) is 17.4. The second-order valence-corrected chi connectivity index (χ2v) is 6.95. The van der Waals surface area contributed by atoms with E-state index in [1.165, 1.54) is 4.90 Å². The van der Waals surface area contributed by atoms with E-state index in [0.29, 0.717) is 5.95 Å². The summed E-state index contributed by atoms with van der Waals surface area (Å²) in [7, 11) is 0. The predicted octanol–water partition coefficient (Wildman–Crippen LogP) is 1.02. The third-order valence-electron chi connectivity index (χ3n) is 5.17. The van der Waals surface area contributed by atoms with E-state index in [4.69, 9.17) is 0 Å². The minimum absolute atomic E-state index is 0.215. The molecule has 2 aliphatic heterocycles. The Balaban J connectivity index is 1.40. The highest BCUT2D eigenvalue weighted by molar-refractivity contribution is 6.07. The number of benzene rings is 1. The minimum atomic E-state index is -1.02. The van der Waals surface area contributed by atoms with Crippen molar-refractivity contribution in [3.05, 3.63) is 54.4 Å². The van der Waals surface area contributed by atoms with Crippen LogP contribution in [0.15, 0.2) is 48.8 Å². The van der Waals surface area contributed by atoms with Gasteiger partial charge in [0.1, 0.15) is 5.54 Å². The Morgan fingerprint density at radius 1 is 1.00 bits per heavy atom. The van der Waals surface area contributed by atoms with Crippen molar-refractivity contribution in [2.24, 2.45) is 0 Å². The summed E-state index contributed by atoms with van der Waals surface area (Å²) in [4.78, 5) is 39.5. The van der Waals surface area contributed by atoms with E-state index in [2.05, 4.69) is 25.1 Å². The van der Waals surface area contributed by atoms with Gasteiger partial charge in [-0.25, -0.2) is 19.7 Å². The van der Waals surface area contributed by atoms with Gasteiger partial charge in [0.25, 0.3) is 5.91 Å². The van der Waals surface area contributed by atoms with Gasteiger partial charge in [0.15, 0.2) is 0 Å². The van der Waals surface area contributed by atoms with Crippen LogP contribution in [0.1, 0.15) is 12.5 Å². The lowest BCUT2D eigenvalue weighted by Gasteiger charge is -2.36. The van der Waals surface area contributed by atoms with Crippen LogP contribution in [0.2, 0.25) is 0 Å². The summed E-state index contributed by atoms with van der Waals surface area (Å²) >= 11 is 0. The molecule has 1 aromatic heterocycles. The number of hydrogen-bond acceptors (Lipinski definition) is 6. The van der Waals surface area contributed by atoms with Crippen LogP contribution in [0, 0.1) is 0 Å². The van der Waals surface area contributed by atoms with Gasteiger partial charge in [-0.2, -0.15) is 0 Å². The van der Waals surface area contributed by atoms with Gasteiger partial charge in [0, 0.05) is 38.6 Å². The summed E-state index contributed by atoms with van der Waals surface area (Å²) in [6.07, 6.45) is 3.46. The summed E-state index contributed by atoms with van der Waals surface area (Å²) in [5.41, 5.74) is -0.227. The van der Waals surface area contributed by atoms with Gasteiger partial charge < -0.3 is 10.2 Å². The average Bonchev–Trinajstić information content (AvgIpc) is 2.94. The second-order valence-electron chi connectivity index (χ2n) is 6.95. The van der Waals surface area contributed by atoms with Crippen LogP contribution in [-0.2, 0) is 10.3 Å². The standard InChI is InChI=1S/C19H22N6O2/c1-19(15-6-3-2-4-7-15)16(26)25(18(27)22-19)14-23-10-12-24(13-11-23)17-20-8-5-9-21-17/h2-9H,10-14H2,1H3,(H,22,27)/t19-/m0/s1. The molecule has 1 aromatic carbocycles. The fourth-order valence-corrected chi connectivity index (χ4v) is 3.54. The molecule has 0 spiro atoms. The molecule has 140 valence electrons. The number of aromatic nitrogens is 2. The Hall–Kier alpha value is -3.00. The first-order valence-corrected chi connectivity index (χ1v) is 9.02. The molecule has 1 atom stereocenters. The van der Waals surface area contributed by atoms with Crippen LogP contribution in [-0.4, -0.2) is 64.6 Å². The van der Waals surface area contributed by atoms with Gasteiger partial charge in [-0.05, 0) is 18.6 Å². The quantitative estimate of drug-likeness (QED) is 0.814. The summed E-state index contributed by atoms with van der Waals surface area (Å²) in [5.74, 6) is 0.497. The fourth-order valence-electron chi connectivity index (χ4n) is 3.54. The summed E-state index contributed by atoms with van der Waals surface area (Å²) < 4.78 is 0. The van der Waals surface area contributed by atoms with Gasteiger partial charge in [-0.3, -0.25) is 9.69 Å². The number of nitrogens with one attached hydrogen (secondary N) is 1. The zero-order valence-electron chi connectivity index (χ0n) is 15.2. The number of urea groups is 1. The highest BCUT2D eigenvalue weighted by atomic mass is 16.2.